The number of aryl methyl sites for hydroxylation is 2. The van der Waals surface area contributed by atoms with E-state index in [1.807, 2.05) is 50.2 Å². The highest BCUT2D eigenvalue weighted by atomic mass is 32.1. The first-order valence-corrected chi connectivity index (χ1v) is 8.86. The van der Waals surface area contributed by atoms with Crippen molar-refractivity contribution in [1.82, 2.24) is 5.32 Å². The van der Waals surface area contributed by atoms with Gasteiger partial charge in [-0.05, 0) is 25.5 Å². The molecule has 1 aromatic heterocycles. The van der Waals surface area contributed by atoms with Crippen molar-refractivity contribution in [3.05, 3.63) is 57.3 Å². The molecule has 128 valence electrons. The molecule has 1 aromatic carbocycles. The smallest absolute Gasteiger partial charge is 0.220 e. The number of aliphatic hydroxyl groups is 1. The molecule has 2 aromatic rings. The highest BCUT2D eigenvalue weighted by Crippen LogP contribution is 2.22. The van der Waals surface area contributed by atoms with Gasteiger partial charge in [-0.15, -0.1) is 11.3 Å². The van der Waals surface area contributed by atoms with Crippen molar-refractivity contribution in [3.63, 3.8) is 0 Å². The second-order valence-corrected chi connectivity index (χ2v) is 7.36. The number of carbonyl (C=O) groups excluding carboxylic acids is 2. The molecule has 0 aliphatic heterocycles. The molecule has 1 atom stereocenters. The quantitative estimate of drug-likeness (QED) is 0.723. The third kappa shape index (κ3) is 5.58. The molecular weight excluding hydrogens is 322 g/mol. The molecule has 1 heterocycles. The minimum absolute atomic E-state index is 0.00293. The largest absolute Gasteiger partial charge is 0.391 e. The predicted molar refractivity (Wildman–Crippen MR) is 96.5 cm³/mol. The van der Waals surface area contributed by atoms with Crippen molar-refractivity contribution in [2.45, 2.75) is 39.2 Å². The zero-order chi connectivity index (χ0) is 17.5. The molecule has 0 aliphatic carbocycles. The molecule has 2 rings (SSSR count). The number of nitrogens with one attached hydrogen (secondary N) is 1. The normalized spacial score (nSPS) is 12.0. The fraction of sp³-hybridized carbons (Fsp3) is 0.368. The summed E-state index contributed by atoms with van der Waals surface area (Å²) < 4.78 is 0. The van der Waals surface area contributed by atoms with Gasteiger partial charge in [0.2, 0.25) is 5.91 Å². The Hall–Kier alpha value is -1.98. The van der Waals surface area contributed by atoms with Crippen molar-refractivity contribution in [2.24, 2.45) is 0 Å². The van der Waals surface area contributed by atoms with Crippen LogP contribution in [0, 0.1) is 13.8 Å². The van der Waals surface area contributed by atoms with Crippen LogP contribution in [-0.2, 0) is 11.2 Å². The van der Waals surface area contributed by atoms with Crippen molar-refractivity contribution in [1.29, 1.82) is 0 Å². The number of ketones is 1. The maximum absolute atomic E-state index is 12.1. The summed E-state index contributed by atoms with van der Waals surface area (Å²) in [5, 5.41) is 12.7. The van der Waals surface area contributed by atoms with Crippen LogP contribution in [0.5, 0.6) is 0 Å². The van der Waals surface area contributed by atoms with E-state index >= 15 is 0 Å². The third-order valence-corrected chi connectivity index (χ3v) is 4.74. The van der Waals surface area contributed by atoms with E-state index < -0.39 is 6.10 Å². The Balaban J connectivity index is 1.71. The molecule has 5 heteroatoms. The Morgan fingerprint density at radius 2 is 1.88 bits per heavy atom. The maximum atomic E-state index is 12.1. The maximum Gasteiger partial charge on any atom is 0.220 e. The lowest BCUT2D eigenvalue weighted by molar-refractivity contribution is -0.121. The van der Waals surface area contributed by atoms with E-state index in [2.05, 4.69) is 5.32 Å². The number of Topliss-reactive ketones (excluding diaryl/α,β-unsaturated/α-hetero) is 1. The standard InChI is InChI=1S/C19H23NO3S/c1-13-10-17(14(2)24-13)18(22)8-9-19(23)20-12-16(21)11-15-6-4-3-5-7-15/h3-7,10,16,21H,8-9,11-12H2,1-2H3,(H,20,23). The van der Waals surface area contributed by atoms with E-state index in [0.29, 0.717) is 6.42 Å². The summed E-state index contributed by atoms with van der Waals surface area (Å²) in [4.78, 5) is 26.1. The van der Waals surface area contributed by atoms with Crippen LogP contribution in [0.1, 0.15) is 38.5 Å². The molecule has 1 amide bonds. The van der Waals surface area contributed by atoms with Crippen molar-refractivity contribution < 1.29 is 14.7 Å². The Kier molecular flexibility index (Phi) is 6.70. The van der Waals surface area contributed by atoms with E-state index in [1.54, 1.807) is 11.3 Å². The first kappa shape index (κ1) is 18.4. The van der Waals surface area contributed by atoms with Gasteiger partial charge in [-0.3, -0.25) is 9.59 Å². The molecule has 0 aliphatic rings. The molecular formula is C19H23NO3S. The molecule has 0 saturated carbocycles. The van der Waals surface area contributed by atoms with E-state index in [-0.39, 0.29) is 31.1 Å². The number of amides is 1. The van der Waals surface area contributed by atoms with E-state index in [0.717, 1.165) is 20.9 Å². The zero-order valence-electron chi connectivity index (χ0n) is 14.0. The monoisotopic (exact) mass is 345 g/mol. The van der Waals surface area contributed by atoms with Gasteiger partial charge in [0.1, 0.15) is 0 Å². The number of benzene rings is 1. The van der Waals surface area contributed by atoms with Gasteiger partial charge >= 0.3 is 0 Å². The molecule has 0 fully saturated rings. The summed E-state index contributed by atoms with van der Waals surface area (Å²) >= 11 is 1.59. The van der Waals surface area contributed by atoms with E-state index in [1.165, 1.54) is 0 Å². The van der Waals surface area contributed by atoms with Crippen molar-refractivity contribution >= 4 is 23.0 Å². The Morgan fingerprint density at radius 3 is 2.50 bits per heavy atom. The lowest BCUT2D eigenvalue weighted by Crippen LogP contribution is -2.33. The second-order valence-electron chi connectivity index (χ2n) is 5.90. The van der Waals surface area contributed by atoms with Gasteiger partial charge in [-0.25, -0.2) is 0 Å². The first-order chi connectivity index (χ1) is 11.5. The topological polar surface area (TPSA) is 66.4 Å². The molecule has 2 N–H and O–H groups in total. The Bertz CT molecular complexity index is 694. The van der Waals surface area contributed by atoms with Gasteiger partial charge in [0.05, 0.1) is 6.10 Å². The minimum atomic E-state index is -0.631. The fourth-order valence-electron chi connectivity index (χ4n) is 2.55. The number of carbonyl (C=O) groups is 2. The van der Waals surface area contributed by atoms with Crippen LogP contribution in [-0.4, -0.2) is 29.4 Å². The zero-order valence-corrected chi connectivity index (χ0v) is 14.9. The highest BCUT2D eigenvalue weighted by molar-refractivity contribution is 7.12. The highest BCUT2D eigenvalue weighted by Gasteiger charge is 2.14. The minimum Gasteiger partial charge on any atom is -0.391 e. The fourth-order valence-corrected chi connectivity index (χ4v) is 3.49. The van der Waals surface area contributed by atoms with Gasteiger partial charge < -0.3 is 10.4 Å². The van der Waals surface area contributed by atoms with Crippen molar-refractivity contribution in [2.75, 3.05) is 6.54 Å². The predicted octanol–water partition coefficient (Wildman–Crippen LogP) is 3.05. The van der Waals surface area contributed by atoms with Crippen LogP contribution < -0.4 is 5.32 Å². The number of thiophene rings is 1. The average Bonchev–Trinajstić information content (AvgIpc) is 2.90. The Labute approximate surface area is 146 Å². The number of hydrogen-bond donors (Lipinski definition) is 2. The van der Waals surface area contributed by atoms with Gasteiger partial charge in [-0.2, -0.15) is 0 Å². The summed E-state index contributed by atoms with van der Waals surface area (Å²) in [7, 11) is 0. The molecule has 0 saturated heterocycles. The number of rotatable bonds is 8. The summed E-state index contributed by atoms with van der Waals surface area (Å²) in [6, 6.07) is 11.5. The van der Waals surface area contributed by atoms with Crippen LogP contribution >= 0.6 is 11.3 Å². The summed E-state index contributed by atoms with van der Waals surface area (Å²) in [6.07, 6.45) is 0.199. The molecule has 0 spiro atoms. The second kappa shape index (κ2) is 8.76. The molecule has 4 nitrogen and oxygen atoms in total. The van der Waals surface area contributed by atoms with Gasteiger partial charge in [0.25, 0.3) is 0 Å². The third-order valence-electron chi connectivity index (χ3n) is 3.77. The summed E-state index contributed by atoms with van der Waals surface area (Å²) in [5.74, 6) is -0.211. The number of aliphatic hydroxyl groups excluding tert-OH is 1. The van der Waals surface area contributed by atoms with Crippen LogP contribution in [0.3, 0.4) is 0 Å². The molecule has 1 unspecified atom stereocenters. The molecule has 0 radical (unpaired) electrons. The number of hydrogen-bond acceptors (Lipinski definition) is 4. The molecule has 24 heavy (non-hydrogen) atoms. The summed E-state index contributed by atoms with van der Waals surface area (Å²) in [5.41, 5.74) is 1.74. The summed E-state index contributed by atoms with van der Waals surface area (Å²) in [6.45, 7) is 4.08. The lowest BCUT2D eigenvalue weighted by Gasteiger charge is -2.12. The van der Waals surface area contributed by atoms with Crippen LogP contribution in [0.2, 0.25) is 0 Å². The van der Waals surface area contributed by atoms with E-state index in [9.17, 15) is 14.7 Å². The van der Waals surface area contributed by atoms with Gasteiger partial charge in [0, 0.05) is 41.1 Å². The van der Waals surface area contributed by atoms with Gasteiger partial charge in [-0.1, -0.05) is 30.3 Å². The van der Waals surface area contributed by atoms with E-state index in [4.69, 9.17) is 0 Å². The first-order valence-electron chi connectivity index (χ1n) is 8.04. The molecule has 0 bridgehead atoms. The van der Waals surface area contributed by atoms with Crippen molar-refractivity contribution in [3.8, 4) is 0 Å². The lowest BCUT2D eigenvalue weighted by atomic mass is 10.1. The Morgan fingerprint density at radius 1 is 1.17 bits per heavy atom. The SMILES string of the molecule is Cc1cc(C(=O)CCC(=O)NCC(O)Cc2ccccc2)c(C)s1. The van der Waals surface area contributed by atoms with Crippen LogP contribution in [0.15, 0.2) is 36.4 Å². The van der Waals surface area contributed by atoms with Gasteiger partial charge in [0.15, 0.2) is 5.78 Å². The van der Waals surface area contributed by atoms with Crippen LogP contribution in [0.25, 0.3) is 0 Å². The van der Waals surface area contributed by atoms with Crippen LogP contribution in [0.4, 0.5) is 0 Å². The average molecular weight is 345 g/mol.